The van der Waals surface area contributed by atoms with Crippen molar-refractivity contribution in [3.8, 4) is 11.3 Å². The first kappa shape index (κ1) is 14.6. The number of hydrogen-bond donors (Lipinski definition) is 1. The predicted molar refractivity (Wildman–Crippen MR) is 79.0 cm³/mol. The molecule has 1 aromatic heterocycles. The number of benzene rings is 1. The molecular weight excluding hydrogens is 270 g/mol. The number of H-pyrrole nitrogens is 1. The third kappa shape index (κ3) is 2.58. The number of carbonyl (C=O) groups is 2. The summed E-state index contributed by atoms with van der Waals surface area (Å²) >= 11 is 0. The highest BCUT2D eigenvalue weighted by Gasteiger charge is 2.28. The molecule has 0 bridgehead atoms. The van der Waals surface area contributed by atoms with Gasteiger partial charge in [-0.05, 0) is 11.6 Å². The number of carbonyl (C=O) groups excluding carboxylic acids is 2. The lowest BCUT2D eigenvalue weighted by Crippen LogP contribution is -2.11. The molecule has 0 atom stereocenters. The zero-order valence-electron chi connectivity index (χ0n) is 11.8. The minimum atomic E-state index is -0.622. The highest BCUT2D eigenvalue weighted by atomic mass is 16.5. The van der Waals surface area contributed by atoms with Crippen LogP contribution < -0.4 is 0 Å². The molecule has 0 radical (unpaired) electrons. The van der Waals surface area contributed by atoms with E-state index in [1.807, 2.05) is 30.3 Å². The van der Waals surface area contributed by atoms with Crippen molar-refractivity contribution >= 4 is 18.0 Å². The lowest BCUT2D eigenvalue weighted by atomic mass is 10.0. The Morgan fingerprint density at radius 2 is 1.62 bits per heavy atom. The largest absolute Gasteiger partial charge is 0.465 e. The van der Waals surface area contributed by atoms with Crippen LogP contribution in [0.2, 0.25) is 0 Å². The van der Waals surface area contributed by atoms with Crippen LogP contribution in [0.25, 0.3) is 17.3 Å². The molecule has 21 heavy (non-hydrogen) atoms. The van der Waals surface area contributed by atoms with Crippen LogP contribution in [0.3, 0.4) is 0 Å². The summed E-state index contributed by atoms with van der Waals surface area (Å²) < 4.78 is 9.54. The minimum Gasteiger partial charge on any atom is -0.465 e. The quantitative estimate of drug-likeness (QED) is 0.877. The Bertz CT molecular complexity index is 686. The van der Waals surface area contributed by atoms with Crippen LogP contribution in [0.1, 0.15) is 26.4 Å². The number of esters is 2. The molecule has 1 heterocycles. The molecule has 0 amide bonds. The minimum absolute atomic E-state index is 0.123. The van der Waals surface area contributed by atoms with Gasteiger partial charge in [0.25, 0.3) is 0 Å². The first-order valence-corrected chi connectivity index (χ1v) is 6.24. The van der Waals surface area contributed by atoms with Crippen molar-refractivity contribution in [2.24, 2.45) is 0 Å². The molecule has 0 saturated carbocycles. The van der Waals surface area contributed by atoms with Gasteiger partial charge in [-0.3, -0.25) is 0 Å². The molecule has 0 saturated heterocycles. The first-order chi connectivity index (χ1) is 10.1. The Kier molecular flexibility index (Phi) is 4.23. The SMILES string of the molecule is C=Cc1[nH]c(-c2ccccc2)c(C(=O)OC)c1C(=O)OC. The highest BCUT2D eigenvalue weighted by Crippen LogP contribution is 2.30. The molecule has 0 aliphatic rings. The first-order valence-electron chi connectivity index (χ1n) is 6.24. The fourth-order valence-electron chi connectivity index (χ4n) is 2.11. The summed E-state index contributed by atoms with van der Waals surface area (Å²) in [5.74, 6) is -1.23. The van der Waals surface area contributed by atoms with Crippen LogP contribution >= 0.6 is 0 Å². The molecule has 2 rings (SSSR count). The fraction of sp³-hybridized carbons (Fsp3) is 0.125. The summed E-state index contributed by atoms with van der Waals surface area (Å²) in [5, 5.41) is 0. The number of nitrogens with one attached hydrogen (secondary N) is 1. The number of ether oxygens (including phenoxy) is 2. The molecule has 108 valence electrons. The summed E-state index contributed by atoms with van der Waals surface area (Å²) in [7, 11) is 2.52. The van der Waals surface area contributed by atoms with Gasteiger partial charge in [-0.2, -0.15) is 0 Å². The van der Waals surface area contributed by atoms with Crippen LogP contribution in [-0.2, 0) is 9.47 Å². The van der Waals surface area contributed by atoms with E-state index in [0.717, 1.165) is 5.56 Å². The van der Waals surface area contributed by atoms with Crippen molar-refractivity contribution in [3.05, 3.63) is 53.7 Å². The van der Waals surface area contributed by atoms with Crippen molar-refractivity contribution in [2.45, 2.75) is 0 Å². The maximum Gasteiger partial charge on any atom is 0.340 e. The van der Waals surface area contributed by atoms with Gasteiger partial charge in [0.15, 0.2) is 0 Å². The second-order valence-electron chi connectivity index (χ2n) is 4.22. The zero-order valence-corrected chi connectivity index (χ0v) is 11.8. The molecule has 5 nitrogen and oxygen atoms in total. The number of aromatic amines is 1. The van der Waals surface area contributed by atoms with E-state index in [2.05, 4.69) is 11.6 Å². The lowest BCUT2D eigenvalue weighted by Gasteiger charge is -2.05. The highest BCUT2D eigenvalue weighted by molar-refractivity contribution is 6.09. The second kappa shape index (κ2) is 6.09. The van der Waals surface area contributed by atoms with Gasteiger partial charge in [0, 0.05) is 0 Å². The van der Waals surface area contributed by atoms with Crippen molar-refractivity contribution in [1.29, 1.82) is 0 Å². The normalized spacial score (nSPS) is 10.0. The van der Waals surface area contributed by atoms with Gasteiger partial charge in [-0.15, -0.1) is 0 Å². The van der Waals surface area contributed by atoms with E-state index in [1.54, 1.807) is 0 Å². The van der Waals surface area contributed by atoms with Gasteiger partial charge in [-0.25, -0.2) is 9.59 Å². The van der Waals surface area contributed by atoms with E-state index in [1.165, 1.54) is 20.3 Å². The Balaban J connectivity index is 2.76. The molecule has 0 aliphatic heterocycles. The summed E-state index contributed by atoms with van der Waals surface area (Å²) in [4.78, 5) is 27.1. The summed E-state index contributed by atoms with van der Waals surface area (Å²) in [6.45, 7) is 3.65. The third-order valence-electron chi connectivity index (χ3n) is 3.07. The molecule has 0 spiro atoms. The lowest BCUT2D eigenvalue weighted by molar-refractivity contribution is 0.0557. The maximum atomic E-state index is 12.1. The molecule has 0 unspecified atom stereocenters. The van der Waals surface area contributed by atoms with Crippen LogP contribution in [0.15, 0.2) is 36.9 Å². The Morgan fingerprint density at radius 1 is 1.05 bits per heavy atom. The third-order valence-corrected chi connectivity index (χ3v) is 3.07. The van der Waals surface area contributed by atoms with E-state index >= 15 is 0 Å². The number of aromatic nitrogens is 1. The molecule has 0 fully saturated rings. The van der Waals surface area contributed by atoms with E-state index in [0.29, 0.717) is 11.4 Å². The van der Waals surface area contributed by atoms with Crippen LogP contribution in [0, 0.1) is 0 Å². The van der Waals surface area contributed by atoms with Crippen molar-refractivity contribution in [1.82, 2.24) is 4.98 Å². The molecular formula is C16H15NO4. The average molecular weight is 285 g/mol. The second-order valence-corrected chi connectivity index (χ2v) is 4.22. The molecule has 5 heteroatoms. The number of hydrogen-bond acceptors (Lipinski definition) is 4. The van der Waals surface area contributed by atoms with Crippen LogP contribution in [0.4, 0.5) is 0 Å². The summed E-state index contributed by atoms with van der Waals surface area (Å²) in [6, 6.07) is 9.18. The van der Waals surface area contributed by atoms with Crippen LogP contribution in [0.5, 0.6) is 0 Å². The van der Waals surface area contributed by atoms with Crippen molar-refractivity contribution in [2.75, 3.05) is 14.2 Å². The topological polar surface area (TPSA) is 68.4 Å². The monoisotopic (exact) mass is 285 g/mol. The Morgan fingerprint density at radius 3 is 2.14 bits per heavy atom. The van der Waals surface area contributed by atoms with E-state index < -0.39 is 11.9 Å². The van der Waals surface area contributed by atoms with Gasteiger partial charge in [0.1, 0.15) is 5.56 Å². The van der Waals surface area contributed by atoms with E-state index in [-0.39, 0.29) is 11.1 Å². The van der Waals surface area contributed by atoms with Crippen molar-refractivity contribution < 1.29 is 19.1 Å². The van der Waals surface area contributed by atoms with Gasteiger partial charge < -0.3 is 14.5 Å². The summed E-state index contributed by atoms with van der Waals surface area (Å²) in [5.41, 5.74) is 1.94. The molecule has 0 aliphatic carbocycles. The van der Waals surface area contributed by atoms with Gasteiger partial charge in [0.05, 0.1) is 31.2 Å². The predicted octanol–water partition coefficient (Wildman–Crippen LogP) is 2.90. The average Bonchev–Trinajstić information content (AvgIpc) is 2.93. The van der Waals surface area contributed by atoms with Crippen LogP contribution in [-0.4, -0.2) is 31.1 Å². The maximum absolute atomic E-state index is 12.1. The summed E-state index contributed by atoms with van der Waals surface area (Å²) in [6.07, 6.45) is 1.46. The van der Waals surface area contributed by atoms with Gasteiger partial charge in [-0.1, -0.05) is 36.9 Å². The van der Waals surface area contributed by atoms with E-state index in [9.17, 15) is 9.59 Å². The number of methoxy groups -OCH3 is 2. The van der Waals surface area contributed by atoms with Gasteiger partial charge in [0.2, 0.25) is 0 Å². The standard InChI is InChI=1S/C16H15NO4/c1-4-11-12(15(18)20-2)13(16(19)21-3)14(17-11)10-8-6-5-7-9-10/h4-9,17H,1H2,2-3H3. The van der Waals surface area contributed by atoms with E-state index in [4.69, 9.17) is 9.47 Å². The molecule has 1 aromatic carbocycles. The van der Waals surface area contributed by atoms with Gasteiger partial charge >= 0.3 is 11.9 Å². The number of rotatable bonds is 4. The zero-order chi connectivity index (χ0) is 15.4. The molecule has 2 aromatic rings. The smallest absolute Gasteiger partial charge is 0.340 e. The fourth-order valence-corrected chi connectivity index (χ4v) is 2.11. The van der Waals surface area contributed by atoms with Crippen molar-refractivity contribution in [3.63, 3.8) is 0 Å². The molecule has 1 N–H and O–H groups in total. The Hall–Kier alpha value is -2.82. The Labute approximate surface area is 122 Å².